The van der Waals surface area contributed by atoms with Crippen molar-refractivity contribution in [2.45, 2.75) is 30.8 Å². The number of nitrogens with zero attached hydrogens (tertiary/aromatic N) is 5. The van der Waals surface area contributed by atoms with E-state index in [0.29, 0.717) is 23.9 Å². The van der Waals surface area contributed by atoms with Crippen molar-refractivity contribution in [1.82, 2.24) is 24.9 Å². The summed E-state index contributed by atoms with van der Waals surface area (Å²) in [6.45, 7) is 2.81. The van der Waals surface area contributed by atoms with Crippen LogP contribution in [0.3, 0.4) is 0 Å². The second-order valence-corrected chi connectivity index (χ2v) is 7.25. The Morgan fingerprint density at radius 1 is 1.03 bits per heavy atom. The lowest BCUT2D eigenvalue weighted by molar-refractivity contribution is 0.385. The smallest absolute Gasteiger partial charge is 0.237 e. The first kappa shape index (κ1) is 19.2. The highest BCUT2D eigenvalue weighted by molar-refractivity contribution is 7.98. The van der Waals surface area contributed by atoms with Gasteiger partial charge in [-0.3, -0.25) is 0 Å². The van der Waals surface area contributed by atoms with E-state index in [2.05, 4.69) is 31.8 Å². The molecule has 0 unspecified atom stereocenters. The van der Waals surface area contributed by atoms with E-state index in [1.165, 1.54) is 11.8 Å². The Morgan fingerprint density at radius 2 is 1.83 bits per heavy atom. The van der Waals surface area contributed by atoms with Crippen LogP contribution in [-0.2, 0) is 18.7 Å². The molecule has 2 aromatic carbocycles. The van der Waals surface area contributed by atoms with Gasteiger partial charge in [0.05, 0.1) is 18.4 Å². The van der Waals surface area contributed by atoms with Gasteiger partial charge in [-0.15, -0.1) is 10.2 Å². The predicted octanol–water partition coefficient (Wildman–Crippen LogP) is 4.24. The number of thioether (sulfide) groups is 1. The molecule has 0 atom stereocenters. The van der Waals surface area contributed by atoms with Crippen molar-refractivity contribution in [2.24, 2.45) is 0 Å². The van der Waals surface area contributed by atoms with E-state index in [-0.39, 0.29) is 0 Å². The van der Waals surface area contributed by atoms with Gasteiger partial charge in [0.2, 0.25) is 5.89 Å². The third-order valence-electron chi connectivity index (χ3n) is 4.42. The SMILES string of the molecule is CCn1c(SCc2nc(Cc3ccccc3)no2)nnc1-c1ccccc1OC. The standard InChI is InChI=1S/C21H21N5O2S/c1-3-26-20(16-11-7-8-12-17(16)27-2)23-24-21(26)29-14-19-22-18(25-28-19)13-15-9-5-4-6-10-15/h4-12H,3,13-14H2,1-2H3. The normalized spacial score (nSPS) is 11.0. The van der Waals surface area contributed by atoms with E-state index >= 15 is 0 Å². The van der Waals surface area contributed by atoms with E-state index in [4.69, 9.17) is 9.26 Å². The first-order valence-corrected chi connectivity index (χ1v) is 10.3. The molecule has 4 aromatic rings. The molecule has 0 bridgehead atoms. The fraction of sp³-hybridized carbons (Fsp3) is 0.238. The van der Waals surface area contributed by atoms with Crippen LogP contribution in [0.2, 0.25) is 0 Å². The molecule has 0 radical (unpaired) electrons. The number of aromatic nitrogens is 5. The Balaban J connectivity index is 1.47. The van der Waals surface area contributed by atoms with Gasteiger partial charge < -0.3 is 13.8 Å². The Labute approximate surface area is 173 Å². The van der Waals surface area contributed by atoms with Gasteiger partial charge in [0, 0.05) is 13.0 Å². The summed E-state index contributed by atoms with van der Waals surface area (Å²) >= 11 is 1.53. The van der Waals surface area contributed by atoms with Crippen LogP contribution in [0.5, 0.6) is 5.75 Å². The maximum atomic E-state index is 5.47. The molecular weight excluding hydrogens is 386 g/mol. The molecule has 7 nitrogen and oxygen atoms in total. The molecule has 148 valence electrons. The minimum atomic E-state index is 0.534. The fourth-order valence-electron chi connectivity index (χ4n) is 3.03. The van der Waals surface area contributed by atoms with Crippen molar-refractivity contribution < 1.29 is 9.26 Å². The van der Waals surface area contributed by atoms with Gasteiger partial charge in [-0.2, -0.15) is 4.98 Å². The van der Waals surface area contributed by atoms with Gasteiger partial charge in [-0.05, 0) is 24.6 Å². The summed E-state index contributed by atoms with van der Waals surface area (Å²) in [5.74, 6) is 3.34. The average molecular weight is 407 g/mol. The predicted molar refractivity (Wildman–Crippen MR) is 111 cm³/mol. The van der Waals surface area contributed by atoms with Crippen molar-refractivity contribution in [3.63, 3.8) is 0 Å². The number of methoxy groups -OCH3 is 1. The highest BCUT2D eigenvalue weighted by atomic mass is 32.2. The summed E-state index contributed by atoms with van der Waals surface area (Å²) in [5.41, 5.74) is 2.07. The Kier molecular flexibility index (Phi) is 5.90. The second kappa shape index (κ2) is 8.91. The molecule has 4 rings (SSSR count). The third-order valence-corrected chi connectivity index (χ3v) is 5.37. The number of rotatable bonds is 8. The molecule has 2 heterocycles. The molecule has 2 aromatic heterocycles. The summed E-state index contributed by atoms with van der Waals surface area (Å²) in [7, 11) is 1.66. The summed E-state index contributed by atoms with van der Waals surface area (Å²) in [6, 6.07) is 17.9. The van der Waals surface area contributed by atoms with Gasteiger partial charge in [0.1, 0.15) is 5.75 Å². The number of benzene rings is 2. The quantitative estimate of drug-likeness (QED) is 0.404. The minimum absolute atomic E-state index is 0.534. The van der Waals surface area contributed by atoms with Crippen molar-refractivity contribution in [3.8, 4) is 17.1 Å². The Hall–Kier alpha value is -3.13. The zero-order valence-corrected chi connectivity index (χ0v) is 17.1. The van der Waals surface area contributed by atoms with Crippen LogP contribution in [0.4, 0.5) is 0 Å². The first-order valence-electron chi connectivity index (χ1n) is 9.33. The molecule has 0 fully saturated rings. The third kappa shape index (κ3) is 4.32. The van der Waals surface area contributed by atoms with E-state index in [1.807, 2.05) is 54.6 Å². The van der Waals surface area contributed by atoms with Gasteiger partial charge in [0.25, 0.3) is 0 Å². The topological polar surface area (TPSA) is 78.9 Å². The molecule has 0 amide bonds. The Bertz CT molecular complexity index is 1080. The van der Waals surface area contributed by atoms with Crippen LogP contribution in [0.15, 0.2) is 64.3 Å². The summed E-state index contributed by atoms with van der Waals surface area (Å²) < 4.78 is 12.9. The molecule has 0 spiro atoms. The number of para-hydroxylation sites is 1. The summed E-state index contributed by atoms with van der Waals surface area (Å²) in [5, 5.41) is 13.6. The lowest BCUT2D eigenvalue weighted by atomic mass is 10.1. The molecule has 0 aliphatic heterocycles. The molecule has 29 heavy (non-hydrogen) atoms. The number of hydrogen-bond donors (Lipinski definition) is 0. The lowest BCUT2D eigenvalue weighted by Gasteiger charge is -2.09. The highest BCUT2D eigenvalue weighted by Crippen LogP contribution is 2.31. The molecule has 0 saturated heterocycles. The van der Waals surface area contributed by atoms with Crippen LogP contribution < -0.4 is 4.74 Å². The van der Waals surface area contributed by atoms with Crippen molar-refractivity contribution in [2.75, 3.05) is 7.11 Å². The molecular formula is C21H21N5O2S. The monoisotopic (exact) mass is 407 g/mol. The molecule has 0 aliphatic rings. The summed E-state index contributed by atoms with van der Waals surface area (Å²) in [4.78, 5) is 4.49. The number of hydrogen-bond acceptors (Lipinski definition) is 7. The Morgan fingerprint density at radius 3 is 2.62 bits per heavy atom. The maximum Gasteiger partial charge on any atom is 0.237 e. The first-order chi connectivity index (χ1) is 14.3. The average Bonchev–Trinajstić information content (AvgIpc) is 3.39. The number of ether oxygens (including phenoxy) is 1. The van der Waals surface area contributed by atoms with Crippen LogP contribution >= 0.6 is 11.8 Å². The van der Waals surface area contributed by atoms with Gasteiger partial charge in [-0.1, -0.05) is 59.4 Å². The highest BCUT2D eigenvalue weighted by Gasteiger charge is 2.17. The maximum absolute atomic E-state index is 5.47. The minimum Gasteiger partial charge on any atom is -0.496 e. The molecule has 0 N–H and O–H groups in total. The van der Waals surface area contributed by atoms with Gasteiger partial charge >= 0.3 is 0 Å². The van der Waals surface area contributed by atoms with E-state index in [0.717, 1.165) is 34.4 Å². The van der Waals surface area contributed by atoms with Crippen molar-refractivity contribution in [3.05, 3.63) is 71.9 Å². The molecule has 0 aliphatic carbocycles. The van der Waals surface area contributed by atoms with Crippen LogP contribution in [0, 0.1) is 0 Å². The van der Waals surface area contributed by atoms with E-state index in [1.54, 1.807) is 7.11 Å². The molecule has 0 saturated carbocycles. The summed E-state index contributed by atoms with van der Waals surface area (Å²) in [6.07, 6.45) is 0.651. The second-order valence-electron chi connectivity index (χ2n) is 6.31. The zero-order chi connectivity index (χ0) is 20.1. The van der Waals surface area contributed by atoms with Crippen LogP contribution in [0.25, 0.3) is 11.4 Å². The fourth-order valence-corrected chi connectivity index (χ4v) is 3.87. The van der Waals surface area contributed by atoms with E-state index < -0.39 is 0 Å². The van der Waals surface area contributed by atoms with E-state index in [9.17, 15) is 0 Å². The van der Waals surface area contributed by atoms with Crippen molar-refractivity contribution >= 4 is 11.8 Å². The van der Waals surface area contributed by atoms with Crippen LogP contribution in [-0.4, -0.2) is 32.0 Å². The van der Waals surface area contributed by atoms with Crippen LogP contribution in [0.1, 0.15) is 24.2 Å². The van der Waals surface area contributed by atoms with Crippen molar-refractivity contribution in [1.29, 1.82) is 0 Å². The van der Waals surface area contributed by atoms with Gasteiger partial charge in [0.15, 0.2) is 16.8 Å². The van der Waals surface area contributed by atoms with Gasteiger partial charge in [-0.25, -0.2) is 0 Å². The largest absolute Gasteiger partial charge is 0.496 e. The zero-order valence-electron chi connectivity index (χ0n) is 16.3. The lowest BCUT2D eigenvalue weighted by Crippen LogP contribution is -2.01. The molecule has 8 heteroatoms.